The van der Waals surface area contributed by atoms with Crippen molar-refractivity contribution in [2.75, 3.05) is 18.0 Å². The van der Waals surface area contributed by atoms with Gasteiger partial charge in [-0.15, -0.1) is 0 Å². The minimum atomic E-state index is 0.529. The molecule has 0 bridgehead atoms. The van der Waals surface area contributed by atoms with Gasteiger partial charge < -0.3 is 10.6 Å². The van der Waals surface area contributed by atoms with Crippen molar-refractivity contribution < 1.29 is 0 Å². The van der Waals surface area contributed by atoms with Crippen LogP contribution in [0.15, 0.2) is 18.2 Å². The third-order valence-corrected chi connectivity index (χ3v) is 2.18. The van der Waals surface area contributed by atoms with E-state index in [4.69, 9.17) is 5.73 Å². The summed E-state index contributed by atoms with van der Waals surface area (Å²) in [6.45, 7) is 2.81. The Labute approximate surface area is 72.2 Å². The molecule has 1 saturated heterocycles. The highest BCUT2D eigenvalue weighted by Gasteiger charge is 2.14. The van der Waals surface area contributed by atoms with Gasteiger partial charge in [0.1, 0.15) is 5.82 Å². The van der Waals surface area contributed by atoms with Crippen molar-refractivity contribution in [3.63, 3.8) is 0 Å². The first-order valence-corrected chi connectivity index (χ1v) is 4.31. The van der Waals surface area contributed by atoms with E-state index in [0.717, 1.165) is 24.6 Å². The maximum absolute atomic E-state index is 5.50. The van der Waals surface area contributed by atoms with Crippen LogP contribution in [0.2, 0.25) is 0 Å². The van der Waals surface area contributed by atoms with Crippen molar-refractivity contribution in [2.24, 2.45) is 5.73 Å². The molecule has 0 saturated carbocycles. The highest BCUT2D eigenvalue weighted by molar-refractivity contribution is 5.41. The number of rotatable bonds is 2. The summed E-state index contributed by atoms with van der Waals surface area (Å²) < 4.78 is 0. The van der Waals surface area contributed by atoms with Gasteiger partial charge in [0.2, 0.25) is 0 Å². The molecule has 1 aliphatic heterocycles. The van der Waals surface area contributed by atoms with Crippen LogP contribution in [0, 0.1) is 0 Å². The summed E-state index contributed by atoms with van der Waals surface area (Å²) in [6, 6.07) is 6.02. The smallest absolute Gasteiger partial charge is 0.128 e. The largest absolute Gasteiger partial charge is 0.356 e. The Morgan fingerprint density at radius 1 is 1.42 bits per heavy atom. The summed E-state index contributed by atoms with van der Waals surface area (Å²) in [4.78, 5) is 6.68. The first-order chi connectivity index (χ1) is 5.90. The van der Waals surface area contributed by atoms with Crippen molar-refractivity contribution in [1.29, 1.82) is 0 Å². The van der Waals surface area contributed by atoms with Crippen molar-refractivity contribution in [2.45, 2.75) is 13.0 Å². The van der Waals surface area contributed by atoms with Gasteiger partial charge >= 0.3 is 0 Å². The SMILES string of the molecule is NCc1cccc(N2CCC2)n1. The van der Waals surface area contributed by atoms with E-state index in [1.165, 1.54) is 6.42 Å². The van der Waals surface area contributed by atoms with E-state index >= 15 is 0 Å². The second-order valence-electron chi connectivity index (χ2n) is 3.03. The van der Waals surface area contributed by atoms with Crippen molar-refractivity contribution >= 4 is 5.82 Å². The Hall–Kier alpha value is -1.09. The molecule has 0 atom stereocenters. The molecule has 64 valence electrons. The van der Waals surface area contributed by atoms with Gasteiger partial charge in [-0.05, 0) is 18.6 Å². The summed E-state index contributed by atoms with van der Waals surface area (Å²) in [5, 5.41) is 0. The van der Waals surface area contributed by atoms with E-state index in [9.17, 15) is 0 Å². The van der Waals surface area contributed by atoms with E-state index < -0.39 is 0 Å². The lowest BCUT2D eigenvalue weighted by atomic mass is 10.2. The molecule has 1 fully saturated rings. The zero-order chi connectivity index (χ0) is 8.39. The molecule has 0 radical (unpaired) electrons. The number of hydrogen-bond acceptors (Lipinski definition) is 3. The summed E-state index contributed by atoms with van der Waals surface area (Å²) in [6.07, 6.45) is 1.29. The second-order valence-corrected chi connectivity index (χ2v) is 3.03. The Bertz CT molecular complexity index is 268. The first kappa shape index (κ1) is 7.55. The van der Waals surface area contributed by atoms with Gasteiger partial charge in [0, 0.05) is 19.6 Å². The fourth-order valence-electron chi connectivity index (χ4n) is 1.30. The number of aromatic nitrogens is 1. The van der Waals surface area contributed by atoms with E-state index in [2.05, 4.69) is 9.88 Å². The van der Waals surface area contributed by atoms with Crippen LogP contribution in [-0.2, 0) is 6.54 Å². The Morgan fingerprint density at radius 3 is 2.83 bits per heavy atom. The molecule has 2 rings (SSSR count). The minimum Gasteiger partial charge on any atom is -0.356 e. The average molecular weight is 163 g/mol. The monoisotopic (exact) mass is 163 g/mol. The van der Waals surface area contributed by atoms with Crippen LogP contribution in [0.5, 0.6) is 0 Å². The fraction of sp³-hybridized carbons (Fsp3) is 0.444. The fourth-order valence-corrected chi connectivity index (χ4v) is 1.30. The lowest BCUT2D eigenvalue weighted by Crippen LogP contribution is -2.37. The van der Waals surface area contributed by atoms with Crippen LogP contribution in [0.4, 0.5) is 5.82 Å². The van der Waals surface area contributed by atoms with E-state index in [0.29, 0.717) is 6.54 Å². The van der Waals surface area contributed by atoms with E-state index in [1.54, 1.807) is 0 Å². The van der Waals surface area contributed by atoms with Crippen LogP contribution in [0.1, 0.15) is 12.1 Å². The van der Waals surface area contributed by atoms with Crippen LogP contribution >= 0.6 is 0 Å². The van der Waals surface area contributed by atoms with E-state index in [1.807, 2.05) is 18.2 Å². The van der Waals surface area contributed by atoms with Gasteiger partial charge in [0.15, 0.2) is 0 Å². The summed E-state index contributed by atoms with van der Waals surface area (Å²) in [7, 11) is 0. The molecule has 2 heterocycles. The third kappa shape index (κ3) is 1.28. The molecule has 3 nitrogen and oxygen atoms in total. The number of pyridine rings is 1. The van der Waals surface area contributed by atoms with Crippen LogP contribution in [-0.4, -0.2) is 18.1 Å². The number of anilines is 1. The molecule has 2 N–H and O–H groups in total. The second kappa shape index (κ2) is 3.11. The predicted octanol–water partition coefficient (Wildman–Crippen LogP) is 0.750. The highest BCUT2D eigenvalue weighted by Crippen LogP contribution is 2.17. The average Bonchev–Trinajstić information content (AvgIpc) is 2.02. The third-order valence-electron chi connectivity index (χ3n) is 2.18. The Morgan fingerprint density at radius 2 is 2.25 bits per heavy atom. The standard InChI is InChI=1S/C9H13N3/c10-7-8-3-1-4-9(11-8)12-5-2-6-12/h1,3-4H,2,5-7,10H2. The van der Waals surface area contributed by atoms with Crippen LogP contribution in [0.25, 0.3) is 0 Å². The molecule has 1 aromatic rings. The first-order valence-electron chi connectivity index (χ1n) is 4.31. The van der Waals surface area contributed by atoms with Crippen molar-refractivity contribution in [3.8, 4) is 0 Å². The number of nitrogens with zero attached hydrogens (tertiary/aromatic N) is 2. The topological polar surface area (TPSA) is 42.1 Å². The summed E-state index contributed by atoms with van der Waals surface area (Å²) in [5.41, 5.74) is 6.47. The summed E-state index contributed by atoms with van der Waals surface area (Å²) >= 11 is 0. The van der Waals surface area contributed by atoms with Gasteiger partial charge in [-0.2, -0.15) is 0 Å². The molecule has 0 unspecified atom stereocenters. The zero-order valence-corrected chi connectivity index (χ0v) is 7.03. The van der Waals surface area contributed by atoms with Crippen LogP contribution in [0.3, 0.4) is 0 Å². The van der Waals surface area contributed by atoms with Gasteiger partial charge in [0.05, 0.1) is 5.69 Å². The molecule has 0 spiro atoms. The molecule has 0 aliphatic carbocycles. The molecule has 0 aromatic carbocycles. The summed E-state index contributed by atoms with van der Waals surface area (Å²) in [5.74, 6) is 1.07. The van der Waals surface area contributed by atoms with Gasteiger partial charge in [-0.3, -0.25) is 0 Å². The maximum atomic E-state index is 5.50. The Kier molecular flexibility index (Phi) is 1.96. The van der Waals surface area contributed by atoms with E-state index in [-0.39, 0.29) is 0 Å². The molecule has 3 heteroatoms. The molecule has 12 heavy (non-hydrogen) atoms. The van der Waals surface area contributed by atoms with Crippen LogP contribution < -0.4 is 10.6 Å². The van der Waals surface area contributed by atoms with Gasteiger partial charge in [-0.25, -0.2) is 4.98 Å². The maximum Gasteiger partial charge on any atom is 0.128 e. The predicted molar refractivity (Wildman–Crippen MR) is 49.0 cm³/mol. The minimum absolute atomic E-state index is 0.529. The number of nitrogens with two attached hydrogens (primary N) is 1. The molecule has 0 amide bonds. The molecule has 1 aromatic heterocycles. The number of hydrogen-bond donors (Lipinski definition) is 1. The van der Waals surface area contributed by atoms with Gasteiger partial charge in [0.25, 0.3) is 0 Å². The van der Waals surface area contributed by atoms with Crippen molar-refractivity contribution in [1.82, 2.24) is 4.98 Å². The molecular formula is C9H13N3. The zero-order valence-electron chi connectivity index (χ0n) is 7.03. The lowest BCUT2D eigenvalue weighted by Gasteiger charge is -2.32. The Balaban J connectivity index is 2.19. The van der Waals surface area contributed by atoms with Gasteiger partial charge in [-0.1, -0.05) is 6.07 Å². The quantitative estimate of drug-likeness (QED) is 0.699. The van der Waals surface area contributed by atoms with Crippen molar-refractivity contribution in [3.05, 3.63) is 23.9 Å². The molecule has 1 aliphatic rings. The highest BCUT2D eigenvalue weighted by atomic mass is 15.2. The lowest BCUT2D eigenvalue weighted by molar-refractivity contribution is 0.608. The molecular weight excluding hydrogens is 150 g/mol. The normalized spacial score (nSPS) is 15.9.